The standard InChI is InChI=1S/C25H34N4O/c1-21-11-13-27(14-12-21)20-25(30)26-23-7-9-24(10-8-23)29-17-15-28(16-18-29)19-22-5-3-2-4-6-22/h2-10,21H,11-20H2,1H3,(H,26,30). The number of benzene rings is 2. The van der Waals surface area contributed by atoms with Crippen LogP contribution in [-0.4, -0.2) is 61.5 Å². The lowest BCUT2D eigenvalue weighted by Crippen LogP contribution is -2.45. The highest BCUT2D eigenvalue weighted by Crippen LogP contribution is 2.21. The number of rotatable bonds is 6. The lowest BCUT2D eigenvalue weighted by Gasteiger charge is -2.36. The van der Waals surface area contributed by atoms with Gasteiger partial charge in [-0.3, -0.25) is 14.6 Å². The van der Waals surface area contributed by atoms with Crippen LogP contribution in [0.25, 0.3) is 0 Å². The van der Waals surface area contributed by atoms with Gasteiger partial charge < -0.3 is 10.2 Å². The molecule has 2 saturated heterocycles. The van der Waals surface area contributed by atoms with E-state index < -0.39 is 0 Å². The summed E-state index contributed by atoms with van der Waals surface area (Å²) in [5.41, 5.74) is 3.50. The maximum absolute atomic E-state index is 12.4. The van der Waals surface area contributed by atoms with E-state index in [1.54, 1.807) is 0 Å². The van der Waals surface area contributed by atoms with E-state index in [0.29, 0.717) is 6.54 Å². The summed E-state index contributed by atoms with van der Waals surface area (Å²) in [6.45, 7) is 10.1. The van der Waals surface area contributed by atoms with Gasteiger partial charge in [-0.05, 0) is 61.7 Å². The number of piperazine rings is 1. The molecule has 30 heavy (non-hydrogen) atoms. The quantitative estimate of drug-likeness (QED) is 0.794. The van der Waals surface area contributed by atoms with Gasteiger partial charge in [0, 0.05) is 44.1 Å². The van der Waals surface area contributed by atoms with Crippen molar-refractivity contribution < 1.29 is 4.79 Å². The lowest BCUT2D eigenvalue weighted by atomic mass is 9.99. The van der Waals surface area contributed by atoms with E-state index in [2.05, 4.69) is 69.4 Å². The average molecular weight is 407 g/mol. The van der Waals surface area contributed by atoms with Crippen LogP contribution in [0.5, 0.6) is 0 Å². The highest BCUT2D eigenvalue weighted by molar-refractivity contribution is 5.92. The molecule has 0 atom stereocenters. The Hall–Kier alpha value is -2.37. The molecule has 0 spiro atoms. The molecular formula is C25H34N4O. The molecule has 0 unspecified atom stereocenters. The lowest BCUT2D eigenvalue weighted by molar-refractivity contribution is -0.117. The fraction of sp³-hybridized carbons (Fsp3) is 0.480. The normalized spacial score (nSPS) is 19.0. The first kappa shape index (κ1) is 20.9. The summed E-state index contributed by atoms with van der Waals surface area (Å²) in [5, 5.41) is 3.06. The summed E-state index contributed by atoms with van der Waals surface area (Å²) < 4.78 is 0. The van der Waals surface area contributed by atoms with Crippen LogP contribution >= 0.6 is 0 Å². The fourth-order valence-electron chi connectivity index (χ4n) is 4.39. The van der Waals surface area contributed by atoms with E-state index in [4.69, 9.17) is 0 Å². The smallest absolute Gasteiger partial charge is 0.238 e. The van der Waals surface area contributed by atoms with E-state index in [-0.39, 0.29) is 5.91 Å². The van der Waals surface area contributed by atoms with E-state index in [1.165, 1.54) is 24.1 Å². The molecule has 0 saturated carbocycles. The number of nitrogens with one attached hydrogen (secondary N) is 1. The third-order valence-corrected chi connectivity index (χ3v) is 6.38. The Kier molecular flexibility index (Phi) is 7.03. The molecule has 0 aliphatic carbocycles. The maximum Gasteiger partial charge on any atom is 0.238 e. The number of anilines is 2. The molecule has 160 valence electrons. The van der Waals surface area contributed by atoms with Crippen molar-refractivity contribution in [2.45, 2.75) is 26.3 Å². The Labute approximate surface area is 180 Å². The largest absolute Gasteiger partial charge is 0.369 e. The highest BCUT2D eigenvalue weighted by atomic mass is 16.2. The molecule has 2 aromatic carbocycles. The topological polar surface area (TPSA) is 38.8 Å². The van der Waals surface area contributed by atoms with Gasteiger partial charge in [0.2, 0.25) is 5.91 Å². The highest BCUT2D eigenvalue weighted by Gasteiger charge is 2.19. The van der Waals surface area contributed by atoms with Crippen LogP contribution in [0.1, 0.15) is 25.3 Å². The van der Waals surface area contributed by atoms with Crippen LogP contribution < -0.4 is 10.2 Å². The molecule has 0 radical (unpaired) electrons. The van der Waals surface area contributed by atoms with Gasteiger partial charge in [-0.1, -0.05) is 37.3 Å². The molecular weight excluding hydrogens is 372 g/mol. The minimum atomic E-state index is 0.0897. The van der Waals surface area contributed by atoms with Gasteiger partial charge in [-0.25, -0.2) is 0 Å². The van der Waals surface area contributed by atoms with Gasteiger partial charge in [-0.2, -0.15) is 0 Å². The minimum Gasteiger partial charge on any atom is -0.369 e. The van der Waals surface area contributed by atoms with Crippen molar-refractivity contribution in [2.75, 3.05) is 56.0 Å². The number of carbonyl (C=O) groups excluding carboxylic acids is 1. The predicted molar refractivity (Wildman–Crippen MR) is 124 cm³/mol. The predicted octanol–water partition coefficient (Wildman–Crippen LogP) is 3.68. The third-order valence-electron chi connectivity index (χ3n) is 6.38. The SMILES string of the molecule is CC1CCN(CC(=O)Nc2ccc(N3CCN(Cc4ccccc4)CC3)cc2)CC1. The molecule has 2 aromatic rings. The summed E-state index contributed by atoms with van der Waals surface area (Å²) >= 11 is 0. The maximum atomic E-state index is 12.4. The van der Waals surface area contributed by atoms with E-state index in [0.717, 1.165) is 57.4 Å². The van der Waals surface area contributed by atoms with Crippen LogP contribution in [0.2, 0.25) is 0 Å². The van der Waals surface area contributed by atoms with Crippen LogP contribution in [0.4, 0.5) is 11.4 Å². The van der Waals surface area contributed by atoms with Crippen molar-refractivity contribution in [1.29, 1.82) is 0 Å². The third kappa shape index (κ3) is 5.83. The van der Waals surface area contributed by atoms with Gasteiger partial charge in [0.25, 0.3) is 0 Å². The molecule has 2 fully saturated rings. The average Bonchev–Trinajstić information content (AvgIpc) is 2.77. The number of likely N-dealkylation sites (tertiary alicyclic amines) is 1. The molecule has 5 nitrogen and oxygen atoms in total. The van der Waals surface area contributed by atoms with Crippen molar-refractivity contribution in [3.05, 3.63) is 60.2 Å². The summed E-state index contributed by atoms with van der Waals surface area (Å²) in [6, 6.07) is 19.0. The van der Waals surface area contributed by atoms with Gasteiger partial charge in [0.05, 0.1) is 6.54 Å². The summed E-state index contributed by atoms with van der Waals surface area (Å²) in [4.78, 5) is 19.6. The summed E-state index contributed by atoms with van der Waals surface area (Å²) in [7, 11) is 0. The van der Waals surface area contributed by atoms with Crippen LogP contribution in [-0.2, 0) is 11.3 Å². The first-order valence-corrected chi connectivity index (χ1v) is 11.3. The van der Waals surface area contributed by atoms with Crippen molar-refractivity contribution in [3.8, 4) is 0 Å². The number of carbonyl (C=O) groups is 1. The Bertz CT molecular complexity index is 792. The Morgan fingerprint density at radius 2 is 1.53 bits per heavy atom. The van der Waals surface area contributed by atoms with Gasteiger partial charge >= 0.3 is 0 Å². The number of piperidine rings is 1. The first-order valence-electron chi connectivity index (χ1n) is 11.3. The molecule has 2 heterocycles. The van der Waals surface area contributed by atoms with E-state index >= 15 is 0 Å². The molecule has 2 aliphatic rings. The molecule has 0 aromatic heterocycles. The number of nitrogens with zero attached hydrogens (tertiary/aromatic N) is 3. The molecule has 2 aliphatic heterocycles. The zero-order valence-corrected chi connectivity index (χ0v) is 18.1. The molecule has 5 heteroatoms. The summed E-state index contributed by atoms with van der Waals surface area (Å²) in [6.07, 6.45) is 2.39. The molecule has 0 bridgehead atoms. The molecule has 4 rings (SSSR count). The Morgan fingerprint density at radius 1 is 0.867 bits per heavy atom. The number of hydrogen-bond donors (Lipinski definition) is 1. The van der Waals surface area contributed by atoms with Crippen molar-refractivity contribution in [3.63, 3.8) is 0 Å². The van der Waals surface area contributed by atoms with E-state index in [9.17, 15) is 4.79 Å². The molecule has 1 N–H and O–H groups in total. The zero-order valence-electron chi connectivity index (χ0n) is 18.1. The first-order chi connectivity index (χ1) is 14.7. The van der Waals surface area contributed by atoms with E-state index in [1.807, 2.05) is 12.1 Å². The monoisotopic (exact) mass is 406 g/mol. The van der Waals surface area contributed by atoms with Gasteiger partial charge in [-0.15, -0.1) is 0 Å². The fourth-order valence-corrected chi connectivity index (χ4v) is 4.39. The van der Waals surface area contributed by atoms with Crippen molar-refractivity contribution in [1.82, 2.24) is 9.80 Å². The van der Waals surface area contributed by atoms with Crippen LogP contribution in [0.15, 0.2) is 54.6 Å². The minimum absolute atomic E-state index is 0.0897. The Balaban J connectivity index is 1.22. The van der Waals surface area contributed by atoms with Crippen molar-refractivity contribution >= 4 is 17.3 Å². The van der Waals surface area contributed by atoms with Gasteiger partial charge in [0.1, 0.15) is 0 Å². The number of hydrogen-bond acceptors (Lipinski definition) is 4. The Morgan fingerprint density at radius 3 is 2.20 bits per heavy atom. The van der Waals surface area contributed by atoms with Crippen molar-refractivity contribution in [2.24, 2.45) is 5.92 Å². The second kappa shape index (κ2) is 10.1. The number of amides is 1. The molecule has 1 amide bonds. The zero-order chi connectivity index (χ0) is 20.8. The second-order valence-electron chi connectivity index (χ2n) is 8.80. The van der Waals surface area contributed by atoms with Gasteiger partial charge in [0.15, 0.2) is 0 Å². The summed E-state index contributed by atoms with van der Waals surface area (Å²) in [5.74, 6) is 0.879. The van der Waals surface area contributed by atoms with Crippen LogP contribution in [0.3, 0.4) is 0 Å². The van der Waals surface area contributed by atoms with Crippen LogP contribution in [0, 0.1) is 5.92 Å². The second-order valence-corrected chi connectivity index (χ2v) is 8.80.